The molecule has 88 valence electrons. The highest BCUT2D eigenvalue weighted by Gasteiger charge is 2.41. The zero-order valence-electron chi connectivity index (χ0n) is 10.3. The molecule has 0 aromatic carbocycles. The average molecular weight is 213 g/mol. The topological polar surface area (TPSA) is 49.6 Å². The van der Waals surface area contributed by atoms with Crippen LogP contribution in [0.25, 0.3) is 0 Å². The van der Waals surface area contributed by atoms with Crippen LogP contribution >= 0.6 is 0 Å². The van der Waals surface area contributed by atoms with Gasteiger partial charge in [-0.2, -0.15) is 0 Å². The second kappa shape index (κ2) is 4.49. The number of likely N-dealkylation sites (N-methyl/N-ethyl adjacent to an activating group) is 2. The Morgan fingerprint density at radius 2 is 2.13 bits per heavy atom. The van der Waals surface area contributed by atoms with E-state index in [0.717, 1.165) is 19.5 Å². The average Bonchev–Trinajstić information content (AvgIpc) is 2.19. The Bertz CT molecular complexity index is 240. The van der Waals surface area contributed by atoms with Gasteiger partial charge in [0.05, 0.1) is 6.04 Å². The van der Waals surface area contributed by atoms with Gasteiger partial charge in [-0.3, -0.25) is 9.69 Å². The summed E-state index contributed by atoms with van der Waals surface area (Å²) in [5.41, 5.74) is 5.48. The van der Waals surface area contributed by atoms with Gasteiger partial charge in [0.2, 0.25) is 5.91 Å². The number of carbonyl (C=O) groups is 1. The molecule has 0 spiro atoms. The predicted molar refractivity (Wildman–Crippen MR) is 61.6 cm³/mol. The number of nitrogens with two attached hydrogens (primary N) is 1. The molecule has 2 N–H and O–H groups in total. The summed E-state index contributed by atoms with van der Waals surface area (Å²) in [6, 6.07) is -0.0157. The van der Waals surface area contributed by atoms with Crippen molar-refractivity contribution in [3.63, 3.8) is 0 Å². The Morgan fingerprint density at radius 1 is 1.53 bits per heavy atom. The van der Waals surface area contributed by atoms with Crippen molar-refractivity contribution in [3.8, 4) is 0 Å². The van der Waals surface area contributed by atoms with Crippen molar-refractivity contribution < 1.29 is 4.79 Å². The molecule has 1 aliphatic heterocycles. The standard InChI is InChI=1S/C11H23N3O/c1-5-14-8-11(2,3)13(4)10(15)9(14)6-7-12/h9H,5-8,12H2,1-4H3. The number of nitrogens with zero attached hydrogens (tertiary/aromatic N) is 2. The van der Waals surface area contributed by atoms with Crippen LogP contribution in [0.1, 0.15) is 27.2 Å². The van der Waals surface area contributed by atoms with Crippen molar-refractivity contribution in [1.29, 1.82) is 0 Å². The molecular formula is C11H23N3O. The quantitative estimate of drug-likeness (QED) is 0.732. The molecule has 1 heterocycles. The highest BCUT2D eigenvalue weighted by Crippen LogP contribution is 2.24. The fourth-order valence-corrected chi connectivity index (χ4v) is 2.19. The summed E-state index contributed by atoms with van der Waals surface area (Å²) < 4.78 is 0. The molecule has 15 heavy (non-hydrogen) atoms. The first-order chi connectivity index (χ1) is 6.94. The molecule has 0 aromatic heterocycles. The van der Waals surface area contributed by atoms with E-state index in [-0.39, 0.29) is 17.5 Å². The summed E-state index contributed by atoms with van der Waals surface area (Å²) >= 11 is 0. The second-order valence-electron chi connectivity index (χ2n) is 4.87. The zero-order chi connectivity index (χ0) is 11.6. The Hall–Kier alpha value is -0.610. The summed E-state index contributed by atoms with van der Waals surface area (Å²) in [6.45, 7) is 8.71. The van der Waals surface area contributed by atoms with Crippen LogP contribution in [0.4, 0.5) is 0 Å². The molecular weight excluding hydrogens is 190 g/mol. The van der Waals surface area contributed by atoms with Crippen molar-refractivity contribution in [2.45, 2.75) is 38.8 Å². The molecule has 1 rings (SSSR count). The van der Waals surface area contributed by atoms with Crippen LogP contribution < -0.4 is 5.73 Å². The molecule has 0 aliphatic carbocycles. The van der Waals surface area contributed by atoms with Crippen LogP contribution in [-0.4, -0.2) is 54.0 Å². The molecule has 1 fully saturated rings. The summed E-state index contributed by atoms with van der Waals surface area (Å²) in [5, 5.41) is 0. The number of carbonyl (C=O) groups excluding carboxylic acids is 1. The first-order valence-electron chi connectivity index (χ1n) is 5.66. The third-order valence-electron chi connectivity index (χ3n) is 3.40. The van der Waals surface area contributed by atoms with Gasteiger partial charge in [0.25, 0.3) is 0 Å². The summed E-state index contributed by atoms with van der Waals surface area (Å²) in [4.78, 5) is 16.2. The summed E-state index contributed by atoms with van der Waals surface area (Å²) in [6.07, 6.45) is 0.757. The van der Waals surface area contributed by atoms with Crippen LogP contribution in [0.15, 0.2) is 0 Å². The number of hydrogen-bond donors (Lipinski definition) is 1. The third kappa shape index (κ3) is 2.32. The maximum Gasteiger partial charge on any atom is 0.240 e. The Labute approximate surface area is 92.4 Å². The lowest BCUT2D eigenvalue weighted by molar-refractivity contribution is -0.149. The van der Waals surface area contributed by atoms with Crippen LogP contribution in [-0.2, 0) is 4.79 Å². The van der Waals surface area contributed by atoms with Gasteiger partial charge in [0.15, 0.2) is 0 Å². The molecule has 0 aromatic rings. The van der Waals surface area contributed by atoms with E-state index in [2.05, 4.69) is 25.7 Å². The fourth-order valence-electron chi connectivity index (χ4n) is 2.19. The van der Waals surface area contributed by atoms with Crippen molar-refractivity contribution in [2.24, 2.45) is 5.73 Å². The summed E-state index contributed by atoms with van der Waals surface area (Å²) in [5.74, 6) is 0.207. The van der Waals surface area contributed by atoms with Crippen LogP contribution in [0, 0.1) is 0 Å². The summed E-state index contributed by atoms with van der Waals surface area (Å²) in [7, 11) is 1.89. The van der Waals surface area contributed by atoms with Crippen LogP contribution in [0.3, 0.4) is 0 Å². The van der Waals surface area contributed by atoms with E-state index in [4.69, 9.17) is 5.73 Å². The van der Waals surface area contributed by atoms with Gasteiger partial charge in [-0.05, 0) is 33.4 Å². The van der Waals surface area contributed by atoms with Crippen molar-refractivity contribution in [1.82, 2.24) is 9.80 Å². The molecule has 1 saturated heterocycles. The van der Waals surface area contributed by atoms with E-state index < -0.39 is 0 Å². The molecule has 1 atom stereocenters. The van der Waals surface area contributed by atoms with Gasteiger partial charge in [0.1, 0.15) is 0 Å². The molecule has 4 heteroatoms. The highest BCUT2D eigenvalue weighted by atomic mass is 16.2. The molecule has 0 saturated carbocycles. The number of piperazine rings is 1. The molecule has 0 radical (unpaired) electrons. The first-order valence-corrected chi connectivity index (χ1v) is 5.66. The lowest BCUT2D eigenvalue weighted by Gasteiger charge is -2.48. The largest absolute Gasteiger partial charge is 0.338 e. The SMILES string of the molecule is CCN1CC(C)(C)N(C)C(=O)C1CCN. The Morgan fingerprint density at radius 3 is 2.60 bits per heavy atom. The first kappa shape index (κ1) is 12.5. The van der Waals surface area contributed by atoms with Gasteiger partial charge < -0.3 is 10.6 Å². The van der Waals surface area contributed by atoms with Gasteiger partial charge in [-0.1, -0.05) is 6.92 Å². The van der Waals surface area contributed by atoms with Crippen LogP contribution in [0.2, 0.25) is 0 Å². The smallest absolute Gasteiger partial charge is 0.240 e. The van der Waals surface area contributed by atoms with E-state index in [0.29, 0.717) is 6.54 Å². The Kier molecular flexibility index (Phi) is 3.73. The number of hydrogen-bond acceptors (Lipinski definition) is 3. The van der Waals surface area contributed by atoms with E-state index in [1.807, 2.05) is 11.9 Å². The minimum atomic E-state index is -0.0712. The van der Waals surface area contributed by atoms with Gasteiger partial charge in [0, 0.05) is 19.1 Å². The van der Waals surface area contributed by atoms with E-state index in [1.165, 1.54) is 0 Å². The number of rotatable bonds is 3. The number of amides is 1. The second-order valence-corrected chi connectivity index (χ2v) is 4.87. The highest BCUT2D eigenvalue weighted by molar-refractivity contribution is 5.83. The monoisotopic (exact) mass is 213 g/mol. The van der Waals surface area contributed by atoms with E-state index in [1.54, 1.807) is 0 Å². The van der Waals surface area contributed by atoms with E-state index >= 15 is 0 Å². The molecule has 1 amide bonds. The molecule has 4 nitrogen and oxygen atoms in total. The lowest BCUT2D eigenvalue weighted by Crippen LogP contribution is -2.65. The maximum absolute atomic E-state index is 12.1. The van der Waals surface area contributed by atoms with Crippen molar-refractivity contribution in [2.75, 3.05) is 26.7 Å². The van der Waals surface area contributed by atoms with Gasteiger partial charge in [-0.25, -0.2) is 0 Å². The lowest BCUT2D eigenvalue weighted by atomic mass is 9.94. The zero-order valence-corrected chi connectivity index (χ0v) is 10.3. The van der Waals surface area contributed by atoms with Crippen molar-refractivity contribution in [3.05, 3.63) is 0 Å². The minimum Gasteiger partial charge on any atom is -0.338 e. The minimum absolute atomic E-state index is 0.0157. The fraction of sp³-hybridized carbons (Fsp3) is 0.909. The van der Waals surface area contributed by atoms with Crippen LogP contribution in [0.5, 0.6) is 0 Å². The van der Waals surface area contributed by atoms with Gasteiger partial charge in [-0.15, -0.1) is 0 Å². The third-order valence-corrected chi connectivity index (χ3v) is 3.40. The normalized spacial score (nSPS) is 27.1. The Balaban J connectivity index is 2.85. The molecule has 0 bridgehead atoms. The molecule has 1 aliphatic rings. The molecule has 1 unspecified atom stereocenters. The van der Waals surface area contributed by atoms with Crippen molar-refractivity contribution >= 4 is 5.91 Å². The maximum atomic E-state index is 12.1. The predicted octanol–water partition coefficient (Wildman–Crippen LogP) is 0.276. The van der Waals surface area contributed by atoms with Gasteiger partial charge >= 0.3 is 0 Å². The van der Waals surface area contributed by atoms with E-state index in [9.17, 15) is 4.79 Å².